The lowest BCUT2D eigenvalue weighted by molar-refractivity contribution is 0.0901. The van der Waals surface area contributed by atoms with Gasteiger partial charge in [0.1, 0.15) is 5.69 Å². The summed E-state index contributed by atoms with van der Waals surface area (Å²) in [4.78, 5) is 11.9. The van der Waals surface area contributed by atoms with Crippen LogP contribution in [0.2, 0.25) is 0 Å². The minimum atomic E-state index is -0.866. The van der Waals surface area contributed by atoms with Gasteiger partial charge in [0, 0.05) is 6.54 Å². The van der Waals surface area contributed by atoms with E-state index in [2.05, 4.69) is 21.0 Å². The minimum absolute atomic E-state index is 0.108. The van der Waals surface area contributed by atoms with E-state index in [1.165, 1.54) is 0 Å². The average Bonchev–Trinajstić information content (AvgIpc) is 2.43. The molecule has 0 aliphatic heterocycles. The molecule has 0 aliphatic rings. The van der Waals surface area contributed by atoms with Crippen LogP contribution in [0.3, 0.4) is 0 Å². The first-order valence-corrected chi connectivity index (χ1v) is 5.22. The number of aryl methyl sites for hydroxylation is 1. The molecule has 0 bridgehead atoms. The van der Waals surface area contributed by atoms with Crippen LogP contribution in [0.1, 0.15) is 31.3 Å². The Balaban J connectivity index is 3.18. The fraction of sp³-hybridized carbons (Fsp3) is 0.556. The zero-order chi connectivity index (χ0) is 10.9. The van der Waals surface area contributed by atoms with Crippen molar-refractivity contribution in [3.63, 3.8) is 0 Å². The molecule has 0 atom stereocenters. The molecule has 0 aliphatic carbocycles. The molecule has 5 heteroatoms. The third-order valence-corrected chi connectivity index (χ3v) is 2.47. The van der Waals surface area contributed by atoms with Crippen molar-refractivity contribution >= 4 is 21.7 Å². The van der Waals surface area contributed by atoms with Crippen molar-refractivity contribution in [3.8, 4) is 0 Å². The fourth-order valence-corrected chi connectivity index (χ4v) is 1.61. The van der Waals surface area contributed by atoms with Gasteiger partial charge in [0.25, 0.3) is 0 Å². The standard InChI is InChI=1S/C9H14BrN3O/c1-4-13-7(6(10)5-12-13)8(14)9(2,3)11/h5H,4,11H2,1-3H3. The molecule has 0 unspecified atom stereocenters. The van der Waals surface area contributed by atoms with Crippen LogP contribution < -0.4 is 5.73 Å². The van der Waals surface area contributed by atoms with Gasteiger partial charge in [0.05, 0.1) is 16.2 Å². The van der Waals surface area contributed by atoms with E-state index < -0.39 is 5.54 Å². The zero-order valence-corrected chi connectivity index (χ0v) is 10.1. The zero-order valence-electron chi connectivity index (χ0n) is 8.54. The summed E-state index contributed by atoms with van der Waals surface area (Å²) in [7, 11) is 0. The maximum atomic E-state index is 11.9. The van der Waals surface area contributed by atoms with Gasteiger partial charge in [-0.2, -0.15) is 5.10 Å². The van der Waals surface area contributed by atoms with Crippen LogP contribution in [-0.4, -0.2) is 21.1 Å². The molecule has 0 saturated carbocycles. The van der Waals surface area contributed by atoms with Crippen LogP contribution >= 0.6 is 15.9 Å². The Morgan fingerprint density at radius 1 is 1.71 bits per heavy atom. The Labute approximate surface area is 91.6 Å². The summed E-state index contributed by atoms with van der Waals surface area (Å²) in [6.07, 6.45) is 1.61. The number of carbonyl (C=O) groups excluding carboxylic acids is 1. The first-order chi connectivity index (χ1) is 6.38. The van der Waals surface area contributed by atoms with Crippen molar-refractivity contribution in [2.45, 2.75) is 32.9 Å². The fourth-order valence-electron chi connectivity index (χ4n) is 1.13. The van der Waals surface area contributed by atoms with Gasteiger partial charge in [-0.25, -0.2) is 0 Å². The van der Waals surface area contributed by atoms with Gasteiger partial charge in [-0.1, -0.05) is 0 Å². The van der Waals surface area contributed by atoms with E-state index >= 15 is 0 Å². The van der Waals surface area contributed by atoms with E-state index in [1.807, 2.05) is 6.92 Å². The van der Waals surface area contributed by atoms with Crippen molar-refractivity contribution < 1.29 is 4.79 Å². The van der Waals surface area contributed by atoms with Gasteiger partial charge < -0.3 is 5.73 Å². The van der Waals surface area contributed by atoms with Gasteiger partial charge in [-0.05, 0) is 36.7 Å². The van der Waals surface area contributed by atoms with Crippen molar-refractivity contribution in [2.75, 3.05) is 0 Å². The summed E-state index contributed by atoms with van der Waals surface area (Å²) in [6.45, 7) is 5.96. The Hall–Kier alpha value is -0.680. The smallest absolute Gasteiger partial charge is 0.201 e. The van der Waals surface area contributed by atoms with Gasteiger partial charge in [0.2, 0.25) is 5.78 Å². The molecule has 0 saturated heterocycles. The molecule has 0 fully saturated rings. The number of ketones is 1. The third-order valence-electron chi connectivity index (χ3n) is 1.89. The maximum Gasteiger partial charge on any atom is 0.201 e. The number of rotatable bonds is 3. The molecule has 0 aromatic carbocycles. The number of hydrogen-bond acceptors (Lipinski definition) is 3. The lowest BCUT2D eigenvalue weighted by Crippen LogP contribution is -2.42. The first-order valence-electron chi connectivity index (χ1n) is 4.43. The number of nitrogens with two attached hydrogens (primary N) is 1. The third kappa shape index (κ3) is 2.04. The Kier molecular flexibility index (Phi) is 3.11. The van der Waals surface area contributed by atoms with E-state index in [4.69, 9.17) is 5.73 Å². The topological polar surface area (TPSA) is 60.9 Å². The predicted molar refractivity (Wildman–Crippen MR) is 58.2 cm³/mol. The normalized spacial score (nSPS) is 11.8. The summed E-state index contributed by atoms with van der Waals surface area (Å²) in [6, 6.07) is 0. The highest BCUT2D eigenvalue weighted by atomic mass is 79.9. The Morgan fingerprint density at radius 2 is 2.29 bits per heavy atom. The van der Waals surface area contributed by atoms with Gasteiger partial charge in [-0.3, -0.25) is 9.48 Å². The minimum Gasteiger partial charge on any atom is -0.319 e. The van der Waals surface area contributed by atoms with E-state index in [0.29, 0.717) is 16.7 Å². The van der Waals surface area contributed by atoms with Crippen LogP contribution in [0.25, 0.3) is 0 Å². The quantitative estimate of drug-likeness (QED) is 0.839. The summed E-state index contributed by atoms with van der Waals surface area (Å²) in [5, 5.41) is 4.06. The van der Waals surface area contributed by atoms with E-state index in [9.17, 15) is 4.79 Å². The Morgan fingerprint density at radius 3 is 2.71 bits per heavy atom. The van der Waals surface area contributed by atoms with Crippen molar-refractivity contribution in [3.05, 3.63) is 16.4 Å². The van der Waals surface area contributed by atoms with E-state index in [0.717, 1.165) is 0 Å². The molecular weight excluding hydrogens is 246 g/mol. The second-order valence-corrected chi connectivity index (χ2v) is 4.56. The molecule has 0 radical (unpaired) electrons. The molecule has 1 aromatic rings. The summed E-state index contributed by atoms with van der Waals surface area (Å²) < 4.78 is 2.34. The second kappa shape index (κ2) is 3.82. The van der Waals surface area contributed by atoms with Crippen LogP contribution in [0.15, 0.2) is 10.7 Å². The summed E-state index contributed by atoms with van der Waals surface area (Å²) >= 11 is 3.29. The number of Topliss-reactive ketones (excluding diaryl/α,β-unsaturated/α-hetero) is 1. The molecule has 1 aromatic heterocycles. The lowest BCUT2D eigenvalue weighted by atomic mass is 9.98. The molecule has 1 rings (SSSR count). The molecular formula is C9H14BrN3O. The van der Waals surface area contributed by atoms with Crippen LogP contribution in [0.4, 0.5) is 0 Å². The van der Waals surface area contributed by atoms with Gasteiger partial charge in [-0.15, -0.1) is 0 Å². The predicted octanol–water partition coefficient (Wildman–Crippen LogP) is 1.59. The molecule has 4 nitrogen and oxygen atoms in total. The molecule has 0 amide bonds. The Bertz CT molecular complexity index is 351. The molecule has 14 heavy (non-hydrogen) atoms. The van der Waals surface area contributed by atoms with Crippen LogP contribution in [0.5, 0.6) is 0 Å². The SMILES string of the molecule is CCn1ncc(Br)c1C(=O)C(C)(C)N. The number of nitrogens with zero attached hydrogens (tertiary/aromatic N) is 2. The number of hydrogen-bond donors (Lipinski definition) is 1. The van der Waals surface area contributed by atoms with E-state index in [1.54, 1.807) is 24.7 Å². The van der Waals surface area contributed by atoms with Crippen LogP contribution in [0, 0.1) is 0 Å². The second-order valence-electron chi connectivity index (χ2n) is 3.71. The maximum absolute atomic E-state index is 11.9. The highest BCUT2D eigenvalue weighted by molar-refractivity contribution is 9.10. The molecule has 0 spiro atoms. The average molecular weight is 260 g/mol. The summed E-state index contributed by atoms with van der Waals surface area (Å²) in [5.74, 6) is -0.108. The number of aromatic nitrogens is 2. The number of halogens is 1. The highest BCUT2D eigenvalue weighted by Crippen LogP contribution is 2.20. The first kappa shape index (κ1) is 11.4. The van der Waals surface area contributed by atoms with Crippen molar-refractivity contribution in [2.24, 2.45) is 5.73 Å². The molecule has 1 heterocycles. The van der Waals surface area contributed by atoms with Crippen molar-refractivity contribution in [1.82, 2.24) is 9.78 Å². The largest absolute Gasteiger partial charge is 0.319 e. The van der Waals surface area contributed by atoms with Crippen LogP contribution in [-0.2, 0) is 6.54 Å². The van der Waals surface area contributed by atoms with Gasteiger partial charge >= 0.3 is 0 Å². The molecule has 2 N–H and O–H groups in total. The van der Waals surface area contributed by atoms with E-state index in [-0.39, 0.29) is 5.78 Å². The van der Waals surface area contributed by atoms with Crippen molar-refractivity contribution in [1.29, 1.82) is 0 Å². The lowest BCUT2D eigenvalue weighted by Gasteiger charge is -2.17. The molecule has 78 valence electrons. The highest BCUT2D eigenvalue weighted by Gasteiger charge is 2.28. The summed E-state index contributed by atoms with van der Waals surface area (Å²) in [5.41, 5.74) is 5.43. The number of carbonyl (C=O) groups is 1. The van der Waals surface area contributed by atoms with Gasteiger partial charge in [0.15, 0.2) is 0 Å². The monoisotopic (exact) mass is 259 g/mol.